The van der Waals surface area contributed by atoms with Gasteiger partial charge in [0.2, 0.25) is 0 Å². The highest BCUT2D eigenvalue weighted by atomic mass is 15.3. The summed E-state index contributed by atoms with van der Waals surface area (Å²) in [5.74, 6) is 0. The molecule has 9 rings (SSSR count). The van der Waals surface area contributed by atoms with Crippen LogP contribution in [0.3, 0.4) is 0 Å². The molecule has 0 saturated carbocycles. The average Bonchev–Trinajstić information content (AvgIpc) is 3.46. The standard InChI is InChI=1S/C49H37N5/c1-49(2)43-16-4-3-15-40(43)41-24-21-34(30-44(41)49)32-19-22-39(23-20-32)53-54-48-42(35-12-10-14-37(28-35)47-18-6-8-26-52-47)29-38(31-45(48)50)33-11-9-13-36(27-33)46-17-5-7-25-51-46/h3-31,50,53H,1-2H3. The zero-order chi connectivity index (χ0) is 36.6. The number of pyridine rings is 2. The predicted octanol–water partition coefficient (Wildman–Crippen LogP) is 11.8. The minimum Gasteiger partial charge on any atom is -0.299 e. The number of benzene rings is 5. The second-order valence-corrected chi connectivity index (χ2v) is 14.2. The van der Waals surface area contributed by atoms with Gasteiger partial charge >= 0.3 is 0 Å². The molecule has 54 heavy (non-hydrogen) atoms. The summed E-state index contributed by atoms with van der Waals surface area (Å²) in [6, 6.07) is 52.3. The van der Waals surface area contributed by atoms with E-state index >= 15 is 0 Å². The minimum absolute atomic E-state index is 0.0530. The Balaban J connectivity index is 1.04. The van der Waals surface area contributed by atoms with E-state index in [9.17, 15) is 5.41 Å². The van der Waals surface area contributed by atoms with Crippen LogP contribution in [-0.2, 0) is 5.41 Å². The van der Waals surface area contributed by atoms with Crippen molar-refractivity contribution in [2.45, 2.75) is 19.3 Å². The molecule has 258 valence electrons. The van der Waals surface area contributed by atoms with Gasteiger partial charge in [0, 0.05) is 34.5 Å². The van der Waals surface area contributed by atoms with Gasteiger partial charge in [0.1, 0.15) is 5.71 Å². The maximum absolute atomic E-state index is 9.28. The average molecular weight is 696 g/mol. The smallest absolute Gasteiger partial charge is 0.116 e. The van der Waals surface area contributed by atoms with Gasteiger partial charge in [0.05, 0.1) is 22.8 Å². The predicted molar refractivity (Wildman–Crippen MR) is 224 cm³/mol. The molecule has 0 bridgehead atoms. The first-order valence-electron chi connectivity index (χ1n) is 18.2. The van der Waals surface area contributed by atoms with Gasteiger partial charge in [-0.3, -0.25) is 20.8 Å². The lowest BCUT2D eigenvalue weighted by molar-refractivity contribution is 0.660. The Bertz CT molecular complexity index is 2650. The van der Waals surface area contributed by atoms with Gasteiger partial charge in [0.25, 0.3) is 0 Å². The van der Waals surface area contributed by atoms with Crippen LogP contribution in [0.2, 0.25) is 0 Å². The van der Waals surface area contributed by atoms with Crippen LogP contribution >= 0.6 is 0 Å². The summed E-state index contributed by atoms with van der Waals surface area (Å²) in [6.07, 6.45) is 7.63. The SMILES string of the molecule is CC1(C)c2ccccc2-c2ccc(-c3ccc(NN=C4C(=N)C=C(c5cccc(-c6ccccn6)c5)C=C4c4cccc(-c5ccccn5)c4)cc3)cc21. The van der Waals surface area contributed by atoms with E-state index in [-0.39, 0.29) is 5.41 Å². The third-order valence-corrected chi connectivity index (χ3v) is 10.5. The lowest BCUT2D eigenvalue weighted by Gasteiger charge is -2.22. The fourth-order valence-electron chi connectivity index (χ4n) is 7.65. The van der Waals surface area contributed by atoms with Crippen molar-refractivity contribution in [1.29, 1.82) is 5.41 Å². The van der Waals surface area contributed by atoms with Crippen molar-refractivity contribution in [2.75, 3.05) is 5.43 Å². The highest BCUT2D eigenvalue weighted by molar-refractivity contribution is 6.62. The molecule has 0 fully saturated rings. The molecule has 5 aromatic carbocycles. The number of hydrogen-bond donors (Lipinski definition) is 2. The van der Waals surface area contributed by atoms with Crippen LogP contribution in [0.5, 0.6) is 0 Å². The normalized spacial score (nSPS) is 14.9. The van der Waals surface area contributed by atoms with Gasteiger partial charge in [0.15, 0.2) is 0 Å². The number of aromatic nitrogens is 2. The first-order chi connectivity index (χ1) is 26.4. The topological polar surface area (TPSA) is 74.0 Å². The Morgan fingerprint density at radius 3 is 1.83 bits per heavy atom. The summed E-state index contributed by atoms with van der Waals surface area (Å²) in [4.78, 5) is 9.14. The molecule has 2 aliphatic rings. The molecule has 2 aromatic heterocycles. The molecule has 2 heterocycles. The summed E-state index contributed by atoms with van der Waals surface area (Å²) in [5.41, 5.74) is 20.2. The first-order valence-corrected chi connectivity index (χ1v) is 18.2. The van der Waals surface area contributed by atoms with Crippen molar-refractivity contribution >= 4 is 28.3 Å². The Labute approximate surface area is 315 Å². The van der Waals surface area contributed by atoms with E-state index in [1.54, 1.807) is 12.4 Å². The molecule has 2 aliphatic carbocycles. The van der Waals surface area contributed by atoms with Crippen LogP contribution in [0, 0.1) is 5.41 Å². The lowest BCUT2D eigenvalue weighted by Crippen LogP contribution is -2.19. The van der Waals surface area contributed by atoms with E-state index < -0.39 is 0 Å². The molecule has 0 saturated heterocycles. The van der Waals surface area contributed by atoms with Crippen molar-refractivity contribution in [3.8, 4) is 44.8 Å². The van der Waals surface area contributed by atoms with E-state index in [1.165, 1.54) is 27.8 Å². The zero-order valence-corrected chi connectivity index (χ0v) is 30.1. The van der Waals surface area contributed by atoms with Gasteiger partial charge < -0.3 is 0 Å². The molecule has 0 amide bonds. The molecule has 5 nitrogen and oxygen atoms in total. The summed E-state index contributed by atoms with van der Waals surface area (Å²) >= 11 is 0. The number of anilines is 1. The van der Waals surface area contributed by atoms with Gasteiger partial charge in [-0.15, -0.1) is 0 Å². The van der Waals surface area contributed by atoms with Crippen molar-refractivity contribution in [1.82, 2.24) is 9.97 Å². The summed E-state index contributed by atoms with van der Waals surface area (Å²) in [7, 11) is 0. The number of rotatable bonds is 7. The van der Waals surface area contributed by atoms with Crippen molar-refractivity contribution in [2.24, 2.45) is 5.10 Å². The minimum atomic E-state index is -0.0530. The van der Waals surface area contributed by atoms with E-state index in [0.29, 0.717) is 11.4 Å². The van der Waals surface area contributed by atoms with E-state index in [2.05, 4.69) is 138 Å². The number of hydrazone groups is 1. The van der Waals surface area contributed by atoms with Crippen LogP contribution in [-0.4, -0.2) is 21.4 Å². The highest BCUT2D eigenvalue weighted by Crippen LogP contribution is 2.49. The molecule has 0 spiro atoms. The largest absolute Gasteiger partial charge is 0.299 e. The Hall–Kier alpha value is -6.98. The quantitative estimate of drug-likeness (QED) is 0.129. The monoisotopic (exact) mass is 695 g/mol. The van der Waals surface area contributed by atoms with E-state index in [4.69, 9.17) is 5.10 Å². The molecule has 0 aliphatic heterocycles. The van der Waals surface area contributed by atoms with Crippen LogP contribution < -0.4 is 5.43 Å². The maximum Gasteiger partial charge on any atom is 0.116 e. The summed E-state index contributed by atoms with van der Waals surface area (Å²) in [5, 5.41) is 14.2. The van der Waals surface area contributed by atoms with Crippen LogP contribution in [0.15, 0.2) is 181 Å². The maximum atomic E-state index is 9.28. The molecule has 0 unspecified atom stereocenters. The van der Waals surface area contributed by atoms with Crippen LogP contribution in [0.25, 0.3) is 55.9 Å². The Morgan fingerprint density at radius 1 is 0.519 bits per heavy atom. The van der Waals surface area contributed by atoms with Gasteiger partial charge in [-0.25, -0.2) is 0 Å². The summed E-state index contributed by atoms with van der Waals surface area (Å²) in [6.45, 7) is 4.62. The number of nitrogens with zero attached hydrogens (tertiary/aromatic N) is 3. The van der Waals surface area contributed by atoms with Crippen LogP contribution in [0.1, 0.15) is 36.1 Å². The second kappa shape index (κ2) is 13.5. The fourth-order valence-corrected chi connectivity index (χ4v) is 7.65. The van der Waals surface area contributed by atoms with Gasteiger partial charge in [-0.2, -0.15) is 5.10 Å². The number of hydrogen-bond acceptors (Lipinski definition) is 5. The summed E-state index contributed by atoms with van der Waals surface area (Å²) < 4.78 is 0. The van der Waals surface area contributed by atoms with E-state index in [0.717, 1.165) is 56.0 Å². The van der Waals surface area contributed by atoms with Crippen molar-refractivity contribution < 1.29 is 0 Å². The van der Waals surface area contributed by atoms with Crippen LogP contribution in [0.4, 0.5) is 5.69 Å². The molecule has 2 N–H and O–H groups in total. The molecular weight excluding hydrogens is 659 g/mol. The number of nitrogens with one attached hydrogen (secondary N) is 2. The molecule has 5 heteroatoms. The third-order valence-electron chi connectivity index (χ3n) is 10.5. The van der Waals surface area contributed by atoms with Crippen molar-refractivity contribution in [3.63, 3.8) is 0 Å². The second-order valence-electron chi connectivity index (χ2n) is 14.2. The Morgan fingerprint density at radius 2 is 1.13 bits per heavy atom. The molecule has 0 atom stereocenters. The first kappa shape index (κ1) is 32.9. The highest BCUT2D eigenvalue weighted by Gasteiger charge is 2.35. The molecule has 0 radical (unpaired) electrons. The van der Waals surface area contributed by atoms with E-state index in [1.807, 2.05) is 54.6 Å². The number of fused-ring (bicyclic) bond motifs is 3. The van der Waals surface area contributed by atoms with Crippen molar-refractivity contribution in [3.05, 3.63) is 198 Å². The Kier molecular flexibility index (Phi) is 8.24. The number of allylic oxidation sites excluding steroid dienone is 4. The van der Waals surface area contributed by atoms with Gasteiger partial charge in [-0.05, 0) is 117 Å². The molecule has 7 aromatic rings. The molecular formula is C49H37N5. The zero-order valence-electron chi connectivity index (χ0n) is 30.1. The van der Waals surface area contributed by atoms with Gasteiger partial charge in [-0.1, -0.05) is 111 Å². The fraction of sp³-hybridized carbons (Fsp3) is 0.0612. The third kappa shape index (κ3) is 6.06. The lowest BCUT2D eigenvalue weighted by atomic mass is 9.81.